The Hall–Kier alpha value is -3.15. The first kappa shape index (κ1) is 21.2. The van der Waals surface area contributed by atoms with E-state index in [4.69, 9.17) is 5.14 Å². The first-order valence-corrected chi connectivity index (χ1v) is 10.2. The summed E-state index contributed by atoms with van der Waals surface area (Å²) in [6.07, 6.45) is 2.32. The number of nitrogens with two attached hydrogens (primary N) is 1. The van der Waals surface area contributed by atoms with Gasteiger partial charge in [0.15, 0.2) is 0 Å². The van der Waals surface area contributed by atoms with Crippen LogP contribution in [0.5, 0.6) is 0 Å². The van der Waals surface area contributed by atoms with E-state index in [1.54, 1.807) is 0 Å². The van der Waals surface area contributed by atoms with E-state index < -0.39 is 15.9 Å². The zero-order valence-corrected chi connectivity index (χ0v) is 16.5. The third kappa shape index (κ3) is 5.42. The van der Waals surface area contributed by atoms with E-state index in [0.29, 0.717) is 11.6 Å². The molecule has 7 nitrogen and oxygen atoms in total. The van der Waals surface area contributed by atoms with Gasteiger partial charge >= 0.3 is 0 Å². The molecule has 8 heteroatoms. The lowest BCUT2D eigenvalue weighted by Crippen LogP contribution is -2.15. The van der Waals surface area contributed by atoms with Crippen molar-refractivity contribution in [2.24, 2.45) is 5.14 Å². The van der Waals surface area contributed by atoms with Crippen molar-refractivity contribution in [1.82, 2.24) is 0 Å². The Morgan fingerprint density at radius 2 is 1.86 bits per heavy atom. The summed E-state index contributed by atoms with van der Waals surface area (Å²) in [5.74, 6) is -0.284. The van der Waals surface area contributed by atoms with Crippen LogP contribution in [0.25, 0.3) is 0 Å². The van der Waals surface area contributed by atoms with Gasteiger partial charge in [0.05, 0.1) is 4.90 Å². The predicted octanol–water partition coefficient (Wildman–Crippen LogP) is 3.31. The summed E-state index contributed by atoms with van der Waals surface area (Å²) >= 11 is 0. The van der Waals surface area contributed by atoms with Crippen LogP contribution in [-0.2, 0) is 14.8 Å². The number of anilines is 2. The zero-order valence-electron chi connectivity index (χ0n) is 15.6. The highest BCUT2D eigenvalue weighted by atomic mass is 32.2. The summed E-state index contributed by atoms with van der Waals surface area (Å²) < 4.78 is 22.5. The Morgan fingerprint density at radius 3 is 2.43 bits per heavy atom. The van der Waals surface area contributed by atoms with Crippen LogP contribution in [0.2, 0.25) is 0 Å². The Labute approximate surface area is 164 Å². The number of primary sulfonamides is 1. The van der Waals surface area contributed by atoms with Gasteiger partial charge in [0.2, 0.25) is 10.0 Å². The van der Waals surface area contributed by atoms with Gasteiger partial charge < -0.3 is 10.6 Å². The van der Waals surface area contributed by atoms with Gasteiger partial charge in [0, 0.05) is 17.6 Å². The molecule has 0 aliphatic carbocycles. The van der Waals surface area contributed by atoms with Crippen LogP contribution in [0.4, 0.5) is 11.4 Å². The van der Waals surface area contributed by atoms with Crippen molar-refractivity contribution in [3.05, 3.63) is 65.9 Å². The molecule has 1 atom stereocenters. The molecule has 0 saturated heterocycles. The number of carbonyl (C=O) groups is 1. The summed E-state index contributed by atoms with van der Waals surface area (Å²) in [5, 5.41) is 19.9. The zero-order chi connectivity index (χ0) is 20.7. The normalized spacial score (nSPS) is 12.7. The molecule has 0 spiro atoms. The monoisotopic (exact) mass is 398 g/mol. The largest absolute Gasteiger partial charge is 0.360 e. The standard InChI is InChI=1S/C20H22N4O3S/c1-3-14(2)18-6-4-5-7-19(18)23-13-15(12-21)20(25)24-16-8-10-17(11-9-16)28(22,26)27/h4-11,13-14,23H,3H2,1-2H3,(H,24,25)(H2,22,26,27)/b15-13-. The number of para-hydroxylation sites is 1. The van der Waals surface area contributed by atoms with Crippen molar-refractivity contribution < 1.29 is 13.2 Å². The smallest absolute Gasteiger partial charge is 0.267 e. The lowest BCUT2D eigenvalue weighted by molar-refractivity contribution is -0.112. The number of rotatable bonds is 7. The number of hydrogen-bond donors (Lipinski definition) is 3. The molecule has 2 aromatic carbocycles. The van der Waals surface area contributed by atoms with E-state index in [9.17, 15) is 18.5 Å². The SMILES string of the molecule is CCC(C)c1ccccc1N/C=C(/C#N)C(=O)Nc1ccc(S(N)(=O)=O)cc1. The topological polar surface area (TPSA) is 125 Å². The first-order chi connectivity index (χ1) is 13.3. The molecule has 28 heavy (non-hydrogen) atoms. The van der Waals surface area contributed by atoms with E-state index in [0.717, 1.165) is 17.7 Å². The van der Waals surface area contributed by atoms with Crippen molar-refractivity contribution in [2.45, 2.75) is 31.1 Å². The van der Waals surface area contributed by atoms with E-state index in [-0.39, 0.29) is 10.5 Å². The van der Waals surface area contributed by atoms with Gasteiger partial charge in [0.1, 0.15) is 11.6 Å². The number of nitriles is 1. The van der Waals surface area contributed by atoms with Crippen LogP contribution in [0.3, 0.4) is 0 Å². The molecule has 0 aliphatic heterocycles. The van der Waals surface area contributed by atoms with Crippen molar-refractivity contribution in [3.8, 4) is 6.07 Å². The van der Waals surface area contributed by atoms with Crippen LogP contribution in [0.1, 0.15) is 31.7 Å². The minimum Gasteiger partial charge on any atom is -0.360 e. The minimum atomic E-state index is -3.81. The molecule has 146 valence electrons. The molecule has 1 unspecified atom stereocenters. The number of sulfonamides is 1. The fourth-order valence-corrected chi connectivity index (χ4v) is 3.02. The predicted molar refractivity (Wildman–Crippen MR) is 109 cm³/mol. The minimum absolute atomic E-state index is 0.0649. The molecule has 0 aromatic heterocycles. The Balaban J connectivity index is 2.15. The molecule has 0 saturated carbocycles. The molecule has 0 fully saturated rings. The second kappa shape index (κ2) is 9.17. The molecule has 0 radical (unpaired) electrons. The lowest BCUT2D eigenvalue weighted by atomic mass is 9.97. The summed E-state index contributed by atoms with van der Waals surface area (Å²) in [6, 6.07) is 14.9. The molecular weight excluding hydrogens is 376 g/mol. The number of benzene rings is 2. The average molecular weight is 398 g/mol. The average Bonchev–Trinajstić information content (AvgIpc) is 2.68. The van der Waals surface area contributed by atoms with Crippen molar-refractivity contribution in [3.63, 3.8) is 0 Å². The third-order valence-electron chi connectivity index (χ3n) is 4.28. The molecule has 0 bridgehead atoms. The molecule has 2 rings (SSSR count). The van der Waals surface area contributed by atoms with Gasteiger partial charge in [-0.25, -0.2) is 13.6 Å². The highest BCUT2D eigenvalue weighted by Crippen LogP contribution is 2.26. The number of nitrogens with one attached hydrogen (secondary N) is 2. The van der Waals surface area contributed by atoms with Gasteiger partial charge in [-0.05, 0) is 48.2 Å². The van der Waals surface area contributed by atoms with E-state index >= 15 is 0 Å². The molecule has 0 aliphatic rings. The van der Waals surface area contributed by atoms with E-state index in [1.165, 1.54) is 30.5 Å². The summed E-state index contributed by atoms with van der Waals surface area (Å²) in [4.78, 5) is 12.3. The number of carbonyl (C=O) groups excluding carboxylic acids is 1. The van der Waals surface area contributed by atoms with Crippen molar-refractivity contribution >= 4 is 27.3 Å². The lowest BCUT2D eigenvalue weighted by Gasteiger charge is -2.14. The molecular formula is C20H22N4O3S. The highest BCUT2D eigenvalue weighted by Gasteiger charge is 2.12. The quantitative estimate of drug-likeness (QED) is 0.487. The fourth-order valence-electron chi connectivity index (χ4n) is 2.50. The number of nitrogens with zero attached hydrogens (tertiary/aromatic N) is 1. The summed E-state index contributed by atoms with van der Waals surface area (Å²) in [5.41, 5.74) is 2.15. The fraction of sp³-hybridized carbons (Fsp3) is 0.200. The van der Waals surface area contributed by atoms with Crippen molar-refractivity contribution in [1.29, 1.82) is 5.26 Å². The Morgan fingerprint density at radius 1 is 1.21 bits per heavy atom. The van der Waals surface area contributed by atoms with Crippen LogP contribution in [0.15, 0.2) is 65.2 Å². The van der Waals surface area contributed by atoms with Gasteiger partial charge in [-0.3, -0.25) is 4.79 Å². The second-order valence-electron chi connectivity index (χ2n) is 6.23. The molecule has 0 heterocycles. The van der Waals surface area contributed by atoms with E-state index in [2.05, 4.69) is 24.5 Å². The van der Waals surface area contributed by atoms with Crippen LogP contribution in [-0.4, -0.2) is 14.3 Å². The maximum Gasteiger partial charge on any atom is 0.267 e. The van der Waals surface area contributed by atoms with Crippen LogP contribution in [0, 0.1) is 11.3 Å². The third-order valence-corrected chi connectivity index (χ3v) is 5.21. The summed E-state index contributed by atoms with van der Waals surface area (Å²) in [7, 11) is -3.81. The Bertz CT molecular complexity index is 1020. The number of hydrogen-bond acceptors (Lipinski definition) is 5. The Kier molecular flexibility index (Phi) is 6.93. The highest BCUT2D eigenvalue weighted by molar-refractivity contribution is 7.89. The van der Waals surface area contributed by atoms with Gasteiger partial charge in [-0.1, -0.05) is 32.0 Å². The van der Waals surface area contributed by atoms with Crippen LogP contribution < -0.4 is 15.8 Å². The van der Waals surface area contributed by atoms with Gasteiger partial charge in [-0.15, -0.1) is 0 Å². The van der Waals surface area contributed by atoms with Gasteiger partial charge in [0.25, 0.3) is 5.91 Å². The maximum absolute atomic E-state index is 12.3. The van der Waals surface area contributed by atoms with Crippen LogP contribution >= 0.6 is 0 Å². The summed E-state index contributed by atoms with van der Waals surface area (Å²) in [6.45, 7) is 4.19. The van der Waals surface area contributed by atoms with Crippen molar-refractivity contribution in [2.75, 3.05) is 10.6 Å². The number of amides is 1. The van der Waals surface area contributed by atoms with Gasteiger partial charge in [-0.2, -0.15) is 5.26 Å². The molecule has 4 N–H and O–H groups in total. The molecule has 2 aromatic rings. The van der Waals surface area contributed by atoms with E-state index in [1.807, 2.05) is 30.3 Å². The second-order valence-corrected chi connectivity index (χ2v) is 7.80. The molecule has 1 amide bonds. The maximum atomic E-state index is 12.3. The first-order valence-electron chi connectivity index (χ1n) is 8.66.